The number of nitriles is 1. The van der Waals surface area contributed by atoms with Crippen LogP contribution < -0.4 is 15.4 Å². The largest absolute Gasteiger partial charge is 0.495 e. The van der Waals surface area contributed by atoms with E-state index >= 15 is 0 Å². The zero-order valence-corrected chi connectivity index (χ0v) is 11.1. The molecule has 2 N–H and O–H groups in total. The molecule has 2 atom stereocenters. The van der Waals surface area contributed by atoms with Gasteiger partial charge in [-0.25, -0.2) is 0 Å². The lowest BCUT2D eigenvalue weighted by Crippen LogP contribution is -2.39. The van der Waals surface area contributed by atoms with Gasteiger partial charge in [0.2, 0.25) is 5.91 Å². The van der Waals surface area contributed by atoms with Crippen LogP contribution in [0.25, 0.3) is 0 Å². The molecule has 1 amide bonds. The molecule has 1 heterocycles. The van der Waals surface area contributed by atoms with Crippen molar-refractivity contribution in [3.63, 3.8) is 0 Å². The Balaban J connectivity index is 2.14. The first-order chi connectivity index (χ1) is 9.15. The summed E-state index contributed by atoms with van der Waals surface area (Å²) >= 11 is 0. The molecule has 1 fully saturated rings. The van der Waals surface area contributed by atoms with Crippen molar-refractivity contribution in [1.29, 1.82) is 5.26 Å². The van der Waals surface area contributed by atoms with E-state index in [0.717, 1.165) is 13.0 Å². The molecule has 1 aromatic carbocycles. The fourth-order valence-corrected chi connectivity index (χ4v) is 2.26. The van der Waals surface area contributed by atoms with Crippen LogP contribution in [0.15, 0.2) is 18.2 Å². The Morgan fingerprint density at radius 2 is 2.37 bits per heavy atom. The van der Waals surface area contributed by atoms with Crippen LogP contribution in [0.5, 0.6) is 5.75 Å². The number of ether oxygens (including phenoxy) is 1. The van der Waals surface area contributed by atoms with Crippen molar-refractivity contribution in [2.24, 2.45) is 5.92 Å². The van der Waals surface area contributed by atoms with Gasteiger partial charge in [-0.15, -0.1) is 0 Å². The van der Waals surface area contributed by atoms with E-state index in [9.17, 15) is 4.79 Å². The Morgan fingerprint density at radius 1 is 1.58 bits per heavy atom. The number of nitrogens with one attached hydrogen (secondary N) is 2. The lowest BCUT2D eigenvalue weighted by Gasteiger charge is -2.17. The zero-order chi connectivity index (χ0) is 13.8. The Morgan fingerprint density at radius 3 is 2.95 bits per heavy atom. The van der Waals surface area contributed by atoms with Crippen molar-refractivity contribution in [2.45, 2.75) is 19.4 Å². The minimum Gasteiger partial charge on any atom is -0.495 e. The number of amides is 1. The van der Waals surface area contributed by atoms with E-state index in [4.69, 9.17) is 10.00 Å². The number of benzene rings is 1. The molecule has 100 valence electrons. The summed E-state index contributed by atoms with van der Waals surface area (Å²) < 4.78 is 5.19. The predicted molar refractivity (Wildman–Crippen MR) is 71.9 cm³/mol. The van der Waals surface area contributed by atoms with Gasteiger partial charge in [0.1, 0.15) is 5.75 Å². The summed E-state index contributed by atoms with van der Waals surface area (Å²) in [6.07, 6.45) is 1.00. The number of carbonyl (C=O) groups is 1. The maximum absolute atomic E-state index is 12.2. The molecule has 2 rings (SSSR count). The fourth-order valence-electron chi connectivity index (χ4n) is 2.26. The molecule has 1 aliphatic heterocycles. The van der Waals surface area contributed by atoms with Crippen LogP contribution in [0.3, 0.4) is 0 Å². The Hall–Kier alpha value is -2.06. The Bertz CT molecular complexity index is 522. The van der Waals surface area contributed by atoms with Crippen LogP contribution in [0.4, 0.5) is 5.69 Å². The van der Waals surface area contributed by atoms with Crippen molar-refractivity contribution in [1.82, 2.24) is 5.32 Å². The monoisotopic (exact) mass is 259 g/mol. The number of hydrogen-bond donors (Lipinski definition) is 2. The van der Waals surface area contributed by atoms with Gasteiger partial charge in [-0.3, -0.25) is 4.79 Å². The van der Waals surface area contributed by atoms with Gasteiger partial charge in [-0.2, -0.15) is 5.26 Å². The first kappa shape index (κ1) is 13.4. The third-order valence-electron chi connectivity index (χ3n) is 3.40. The lowest BCUT2D eigenvalue weighted by molar-refractivity contribution is -0.118. The highest BCUT2D eigenvalue weighted by Crippen LogP contribution is 2.26. The van der Waals surface area contributed by atoms with Gasteiger partial charge in [-0.05, 0) is 31.0 Å². The molecule has 0 saturated carbocycles. The molecular formula is C14H17N3O2. The highest BCUT2D eigenvalue weighted by molar-refractivity contribution is 5.96. The fraction of sp³-hybridized carbons (Fsp3) is 0.429. The minimum absolute atomic E-state index is 0.0620. The molecule has 2 unspecified atom stereocenters. The topological polar surface area (TPSA) is 74.1 Å². The highest BCUT2D eigenvalue weighted by atomic mass is 16.5. The molecule has 5 nitrogen and oxygen atoms in total. The second kappa shape index (κ2) is 5.72. The molecule has 0 spiro atoms. The molecule has 0 radical (unpaired) electrons. The Kier molecular flexibility index (Phi) is 4.03. The number of anilines is 1. The summed E-state index contributed by atoms with van der Waals surface area (Å²) in [7, 11) is 1.52. The first-order valence-electron chi connectivity index (χ1n) is 6.28. The van der Waals surface area contributed by atoms with Gasteiger partial charge in [0, 0.05) is 6.07 Å². The predicted octanol–water partition coefficient (Wildman–Crippen LogP) is 1.50. The van der Waals surface area contributed by atoms with Crippen LogP contribution in [0, 0.1) is 17.2 Å². The molecule has 0 bridgehead atoms. The van der Waals surface area contributed by atoms with Gasteiger partial charge in [0.25, 0.3) is 0 Å². The number of methoxy groups -OCH3 is 1. The maximum atomic E-state index is 12.2. The average Bonchev–Trinajstić information content (AvgIpc) is 2.85. The maximum Gasteiger partial charge on any atom is 0.241 e. The number of carbonyl (C=O) groups excluding carboxylic acids is 1. The summed E-state index contributed by atoms with van der Waals surface area (Å²) in [6.45, 7) is 2.92. The van der Waals surface area contributed by atoms with Crippen molar-refractivity contribution in [2.75, 3.05) is 19.0 Å². The number of rotatable bonds is 3. The molecule has 19 heavy (non-hydrogen) atoms. The second-order valence-electron chi connectivity index (χ2n) is 4.71. The van der Waals surface area contributed by atoms with Crippen LogP contribution in [0.2, 0.25) is 0 Å². The van der Waals surface area contributed by atoms with Crippen LogP contribution >= 0.6 is 0 Å². The third kappa shape index (κ3) is 2.85. The summed E-state index contributed by atoms with van der Waals surface area (Å²) in [6, 6.07) is 6.83. The Labute approximate surface area is 112 Å². The smallest absolute Gasteiger partial charge is 0.241 e. The molecule has 1 saturated heterocycles. The van der Waals surface area contributed by atoms with Crippen molar-refractivity contribution >= 4 is 11.6 Å². The van der Waals surface area contributed by atoms with E-state index < -0.39 is 0 Å². The quantitative estimate of drug-likeness (QED) is 0.862. The molecule has 0 aromatic heterocycles. The number of nitrogens with zero attached hydrogens (tertiary/aromatic N) is 1. The molecule has 5 heteroatoms. The third-order valence-corrected chi connectivity index (χ3v) is 3.40. The van der Waals surface area contributed by atoms with Crippen LogP contribution in [0.1, 0.15) is 18.9 Å². The van der Waals surface area contributed by atoms with Gasteiger partial charge in [0.15, 0.2) is 0 Å². The van der Waals surface area contributed by atoms with E-state index in [1.807, 2.05) is 6.07 Å². The van der Waals surface area contributed by atoms with Crippen LogP contribution in [-0.2, 0) is 4.79 Å². The van der Waals surface area contributed by atoms with E-state index in [0.29, 0.717) is 22.9 Å². The second-order valence-corrected chi connectivity index (χ2v) is 4.71. The van der Waals surface area contributed by atoms with E-state index in [-0.39, 0.29) is 11.9 Å². The molecule has 0 aliphatic carbocycles. The van der Waals surface area contributed by atoms with Crippen molar-refractivity contribution in [3.05, 3.63) is 23.8 Å². The van der Waals surface area contributed by atoms with E-state index in [1.165, 1.54) is 7.11 Å². The van der Waals surface area contributed by atoms with Gasteiger partial charge < -0.3 is 15.4 Å². The SMILES string of the molecule is COc1cc(C#N)ccc1NC(=O)C1NCCC1C. The molecule has 1 aliphatic rings. The molecular weight excluding hydrogens is 242 g/mol. The van der Waals surface area contributed by atoms with Crippen molar-refractivity contribution < 1.29 is 9.53 Å². The van der Waals surface area contributed by atoms with E-state index in [1.54, 1.807) is 18.2 Å². The summed E-state index contributed by atoms with van der Waals surface area (Å²) in [4.78, 5) is 12.2. The van der Waals surface area contributed by atoms with Gasteiger partial charge >= 0.3 is 0 Å². The average molecular weight is 259 g/mol. The van der Waals surface area contributed by atoms with Crippen molar-refractivity contribution in [3.8, 4) is 11.8 Å². The minimum atomic E-state index is -0.166. The lowest BCUT2D eigenvalue weighted by atomic mass is 10.0. The van der Waals surface area contributed by atoms with Crippen LogP contribution in [-0.4, -0.2) is 25.6 Å². The standard InChI is InChI=1S/C14H17N3O2/c1-9-5-6-16-13(9)14(18)17-11-4-3-10(8-15)7-12(11)19-2/h3-4,7,9,13,16H,5-6H2,1-2H3,(H,17,18). The van der Waals surface area contributed by atoms with E-state index in [2.05, 4.69) is 17.6 Å². The van der Waals surface area contributed by atoms with Gasteiger partial charge in [0.05, 0.1) is 30.5 Å². The normalized spacial score (nSPS) is 21.7. The first-order valence-corrected chi connectivity index (χ1v) is 6.28. The highest BCUT2D eigenvalue weighted by Gasteiger charge is 2.29. The zero-order valence-electron chi connectivity index (χ0n) is 11.1. The number of hydrogen-bond acceptors (Lipinski definition) is 4. The summed E-state index contributed by atoms with van der Waals surface area (Å²) in [5.74, 6) is 0.760. The summed E-state index contributed by atoms with van der Waals surface area (Å²) in [5, 5.41) is 14.9. The molecule has 1 aromatic rings. The summed E-state index contributed by atoms with van der Waals surface area (Å²) in [5.41, 5.74) is 1.09. The van der Waals surface area contributed by atoms with Gasteiger partial charge in [-0.1, -0.05) is 6.92 Å².